The van der Waals surface area contributed by atoms with Crippen LogP contribution in [0.25, 0.3) is 0 Å². The first-order valence-electron chi connectivity index (χ1n) is 14.2. The van der Waals surface area contributed by atoms with Crippen LogP contribution in [0.3, 0.4) is 0 Å². The Morgan fingerprint density at radius 3 is 1.90 bits per heavy atom. The van der Waals surface area contributed by atoms with Crippen molar-refractivity contribution in [3.05, 3.63) is 131 Å². The molecular weight excluding hydrogens is 532 g/mol. The van der Waals surface area contributed by atoms with Gasteiger partial charge in [-0.1, -0.05) is 91.0 Å². The molecule has 212 valence electrons. The molecule has 0 spiro atoms. The van der Waals surface area contributed by atoms with E-state index in [2.05, 4.69) is 48.5 Å². The summed E-state index contributed by atoms with van der Waals surface area (Å²) in [6.07, 6.45) is -0.950. The number of hydrogen-bond acceptors (Lipinski definition) is 6. The van der Waals surface area contributed by atoms with Gasteiger partial charge in [0.05, 0.1) is 45.7 Å². The standard InChI is InChI=1S/C35H36O5S/c1-36-28-17-18-32-29(19-28)33-30(24-41-32)34(38-21-26-13-7-3-8-14-26)35(39-22-27-15-9-4-10-16-27)31(40-33)23-37-20-25-11-5-2-6-12-25/h2-19,30-31,33-35H,20-24H2,1H3/t30-,31-,33+,34-,35-/m1/s1. The summed E-state index contributed by atoms with van der Waals surface area (Å²) in [7, 11) is 1.70. The molecule has 0 aromatic heterocycles. The van der Waals surface area contributed by atoms with E-state index in [1.165, 1.54) is 4.90 Å². The lowest BCUT2D eigenvalue weighted by atomic mass is 9.83. The Morgan fingerprint density at radius 2 is 1.29 bits per heavy atom. The molecule has 1 saturated heterocycles. The van der Waals surface area contributed by atoms with Crippen molar-refractivity contribution >= 4 is 11.8 Å². The van der Waals surface area contributed by atoms with Gasteiger partial charge in [-0.25, -0.2) is 0 Å². The van der Waals surface area contributed by atoms with Crippen LogP contribution in [-0.4, -0.2) is 37.8 Å². The van der Waals surface area contributed by atoms with E-state index in [0.717, 1.165) is 33.8 Å². The lowest BCUT2D eigenvalue weighted by molar-refractivity contribution is -0.244. The fourth-order valence-electron chi connectivity index (χ4n) is 5.63. The summed E-state index contributed by atoms with van der Waals surface area (Å²) in [5, 5.41) is 0. The minimum atomic E-state index is -0.313. The summed E-state index contributed by atoms with van der Waals surface area (Å²) in [4.78, 5) is 1.22. The number of benzene rings is 4. The summed E-state index contributed by atoms with van der Waals surface area (Å²) < 4.78 is 32.3. The molecule has 0 bridgehead atoms. The van der Waals surface area contributed by atoms with E-state index >= 15 is 0 Å². The zero-order chi connectivity index (χ0) is 27.9. The van der Waals surface area contributed by atoms with Gasteiger partial charge in [0.15, 0.2) is 0 Å². The highest BCUT2D eigenvalue weighted by Crippen LogP contribution is 2.49. The predicted molar refractivity (Wildman–Crippen MR) is 161 cm³/mol. The average molecular weight is 569 g/mol. The lowest BCUT2D eigenvalue weighted by Crippen LogP contribution is -2.56. The fraction of sp³-hybridized carbons (Fsp3) is 0.314. The van der Waals surface area contributed by atoms with Crippen LogP contribution in [0, 0.1) is 5.92 Å². The monoisotopic (exact) mass is 568 g/mol. The summed E-state index contributed by atoms with van der Waals surface area (Å²) in [5.74, 6) is 1.82. The summed E-state index contributed by atoms with van der Waals surface area (Å²) in [5.41, 5.74) is 4.53. The lowest BCUT2D eigenvalue weighted by Gasteiger charge is -2.48. The zero-order valence-corrected chi connectivity index (χ0v) is 24.1. The van der Waals surface area contributed by atoms with E-state index in [9.17, 15) is 0 Å². The normalized spacial score (nSPS) is 23.4. The molecule has 0 unspecified atom stereocenters. The molecule has 2 aliphatic heterocycles. The van der Waals surface area contributed by atoms with Gasteiger partial charge in [0.2, 0.25) is 0 Å². The molecule has 5 atom stereocenters. The highest BCUT2D eigenvalue weighted by molar-refractivity contribution is 7.99. The van der Waals surface area contributed by atoms with Crippen LogP contribution in [0.1, 0.15) is 28.4 Å². The predicted octanol–water partition coefficient (Wildman–Crippen LogP) is 7.24. The molecule has 0 radical (unpaired) electrons. The van der Waals surface area contributed by atoms with Crippen LogP contribution in [0.15, 0.2) is 114 Å². The molecule has 4 aromatic carbocycles. The van der Waals surface area contributed by atoms with Crippen molar-refractivity contribution in [3.8, 4) is 5.75 Å². The molecule has 6 rings (SSSR count). The first kappa shape index (κ1) is 28.0. The van der Waals surface area contributed by atoms with Crippen LogP contribution < -0.4 is 4.74 Å². The molecular formula is C35H36O5S. The minimum Gasteiger partial charge on any atom is -0.497 e. The largest absolute Gasteiger partial charge is 0.497 e. The minimum absolute atomic E-state index is 0.106. The van der Waals surface area contributed by atoms with Gasteiger partial charge >= 0.3 is 0 Å². The SMILES string of the molecule is COc1ccc2c(c1)[C@@H]1O[C@H](COCc3ccccc3)[C@@H](OCc3ccccc3)[C@H](OCc3ccccc3)[C@@H]1CS2. The third kappa shape index (κ3) is 6.85. The Hall–Kier alpha value is -3.13. The van der Waals surface area contributed by atoms with Gasteiger partial charge in [0.25, 0.3) is 0 Å². The van der Waals surface area contributed by atoms with E-state index in [0.29, 0.717) is 26.4 Å². The number of thioether (sulfide) groups is 1. The topological polar surface area (TPSA) is 46.2 Å². The molecule has 2 heterocycles. The van der Waals surface area contributed by atoms with Crippen LogP contribution in [-0.2, 0) is 38.8 Å². The van der Waals surface area contributed by atoms with Gasteiger partial charge in [0, 0.05) is 16.6 Å². The van der Waals surface area contributed by atoms with Gasteiger partial charge in [-0.15, -0.1) is 11.8 Å². The summed E-state index contributed by atoms with van der Waals surface area (Å²) in [6, 6.07) is 37.1. The first-order chi connectivity index (χ1) is 20.3. The number of methoxy groups -OCH3 is 1. The van der Waals surface area contributed by atoms with E-state index in [4.69, 9.17) is 23.7 Å². The van der Waals surface area contributed by atoms with E-state index in [1.807, 2.05) is 72.4 Å². The van der Waals surface area contributed by atoms with Gasteiger partial charge in [-0.05, 0) is 40.5 Å². The molecule has 0 aliphatic carbocycles. The number of ether oxygens (including phenoxy) is 5. The quantitative estimate of drug-likeness (QED) is 0.190. The van der Waals surface area contributed by atoms with Crippen LogP contribution in [0.2, 0.25) is 0 Å². The highest BCUT2D eigenvalue weighted by Gasteiger charge is 2.50. The summed E-state index contributed by atoms with van der Waals surface area (Å²) in [6.45, 7) is 1.89. The van der Waals surface area contributed by atoms with E-state index < -0.39 is 0 Å². The smallest absolute Gasteiger partial charge is 0.119 e. The second kappa shape index (κ2) is 13.7. The third-order valence-electron chi connectivity index (χ3n) is 7.74. The molecule has 4 aromatic rings. The van der Waals surface area contributed by atoms with E-state index in [1.54, 1.807) is 7.11 Å². The first-order valence-corrected chi connectivity index (χ1v) is 15.2. The van der Waals surface area contributed by atoms with Crippen molar-refractivity contribution in [2.24, 2.45) is 5.92 Å². The Balaban J connectivity index is 1.30. The molecule has 0 N–H and O–H groups in total. The molecule has 5 nitrogen and oxygen atoms in total. The number of hydrogen-bond donors (Lipinski definition) is 0. The van der Waals surface area contributed by atoms with Crippen LogP contribution >= 0.6 is 11.8 Å². The maximum Gasteiger partial charge on any atom is 0.119 e. The maximum atomic E-state index is 6.94. The van der Waals surface area contributed by atoms with Crippen molar-refractivity contribution in [1.82, 2.24) is 0 Å². The Bertz CT molecular complexity index is 1370. The highest BCUT2D eigenvalue weighted by atomic mass is 32.2. The van der Waals surface area contributed by atoms with Crippen molar-refractivity contribution < 1.29 is 23.7 Å². The van der Waals surface area contributed by atoms with Crippen LogP contribution in [0.4, 0.5) is 0 Å². The van der Waals surface area contributed by atoms with Gasteiger partial charge in [-0.2, -0.15) is 0 Å². The van der Waals surface area contributed by atoms with E-state index in [-0.39, 0.29) is 30.3 Å². The number of fused-ring (bicyclic) bond motifs is 3. The Morgan fingerprint density at radius 1 is 0.707 bits per heavy atom. The van der Waals surface area contributed by atoms with Gasteiger partial charge < -0.3 is 23.7 Å². The summed E-state index contributed by atoms with van der Waals surface area (Å²) >= 11 is 1.85. The average Bonchev–Trinajstić information content (AvgIpc) is 3.04. The third-order valence-corrected chi connectivity index (χ3v) is 8.98. The Kier molecular flexibility index (Phi) is 9.35. The Labute approximate surface area is 246 Å². The molecule has 6 heteroatoms. The number of rotatable bonds is 11. The molecule has 2 aliphatic rings. The molecule has 41 heavy (non-hydrogen) atoms. The fourth-order valence-corrected chi connectivity index (χ4v) is 6.87. The second-order valence-electron chi connectivity index (χ2n) is 10.5. The zero-order valence-electron chi connectivity index (χ0n) is 23.3. The van der Waals surface area contributed by atoms with Crippen molar-refractivity contribution in [2.45, 2.75) is 49.1 Å². The van der Waals surface area contributed by atoms with Gasteiger partial charge in [0.1, 0.15) is 18.0 Å². The van der Waals surface area contributed by atoms with Crippen molar-refractivity contribution in [3.63, 3.8) is 0 Å². The molecule has 1 fully saturated rings. The maximum absolute atomic E-state index is 6.94. The van der Waals surface area contributed by atoms with Crippen molar-refractivity contribution in [1.29, 1.82) is 0 Å². The molecule has 0 saturated carbocycles. The van der Waals surface area contributed by atoms with Gasteiger partial charge in [-0.3, -0.25) is 0 Å². The van der Waals surface area contributed by atoms with Crippen LogP contribution in [0.5, 0.6) is 5.75 Å². The molecule has 0 amide bonds. The van der Waals surface area contributed by atoms with Crippen molar-refractivity contribution in [2.75, 3.05) is 19.5 Å². The second-order valence-corrected chi connectivity index (χ2v) is 11.6.